The van der Waals surface area contributed by atoms with Gasteiger partial charge in [0.25, 0.3) is 0 Å². The van der Waals surface area contributed by atoms with Gasteiger partial charge in [-0.05, 0) is 35.9 Å². The maximum atomic E-state index is 13.4. The number of carbonyl (C=O) groups is 1. The smallest absolute Gasteiger partial charge is 0.184 e. The highest BCUT2D eigenvalue weighted by Gasteiger charge is 2.22. The number of ketones is 1. The second-order valence-electron chi connectivity index (χ2n) is 4.11. The monoisotopic (exact) mass is 351 g/mol. The predicted octanol–water partition coefficient (Wildman–Crippen LogP) is 4.73. The van der Waals surface area contributed by atoms with Crippen LogP contribution in [0.1, 0.15) is 21.8 Å². The van der Waals surface area contributed by atoms with Gasteiger partial charge in [0, 0.05) is 10.0 Å². The van der Waals surface area contributed by atoms with Gasteiger partial charge < -0.3 is 0 Å². The van der Waals surface area contributed by atoms with E-state index in [2.05, 4.69) is 15.9 Å². The molecular formula is C15H8BrClFNO. The van der Waals surface area contributed by atoms with E-state index in [1.807, 2.05) is 6.07 Å². The van der Waals surface area contributed by atoms with Crippen LogP contribution < -0.4 is 0 Å². The lowest BCUT2D eigenvalue weighted by atomic mass is 9.92. The molecule has 0 saturated heterocycles. The Bertz CT molecular complexity index is 711. The number of carbonyl (C=O) groups excluding carboxylic acids is 1. The lowest BCUT2D eigenvalue weighted by Gasteiger charge is -2.09. The van der Waals surface area contributed by atoms with Crippen molar-refractivity contribution in [3.63, 3.8) is 0 Å². The molecule has 1 atom stereocenters. The number of Topliss-reactive ketones (excluding diaryl/α,β-unsaturated/α-hetero) is 1. The summed E-state index contributed by atoms with van der Waals surface area (Å²) in [5.74, 6) is -2.11. The number of nitrogens with zero attached hydrogens (tertiary/aromatic N) is 1. The van der Waals surface area contributed by atoms with Crippen molar-refractivity contribution >= 4 is 33.3 Å². The minimum Gasteiger partial charge on any atom is -0.292 e. The van der Waals surface area contributed by atoms with E-state index in [9.17, 15) is 14.4 Å². The molecule has 2 aromatic carbocycles. The Morgan fingerprint density at radius 1 is 1.30 bits per heavy atom. The Morgan fingerprint density at radius 2 is 2.05 bits per heavy atom. The van der Waals surface area contributed by atoms with E-state index >= 15 is 0 Å². The quantitative estimate of drug-likeness (QED) is 0.749. The van der Waals surface area contributed by atoms with E-state index in [4.69, 9.17) is 11.6 Å². The standard InChI is InChI=1S/C15H8BrClFNO/c16-11-3-1-2-9(6-11)12(8-19)15(20)10-4-5-13(17)14(18)7-10/h1-7,12H. The highest BCUT2D eigenvalue weighted by atomic mass is 79.9. The maximum absolute atomic E-state index is 13.4. The Kier molecular flexibility index (Phi) is 4.53. The molecule has 0 amide bonds. The average molecular weight is 353 g/mol. The Morgan fingerprint density at radius 3 is 2.65 bits per heavy atom. The van der Waals surface area contributed by atoms with Crippen LogP contribution in [0.3, 0.4) is 0 Å². The molecule has 0 spiro atoms. The fraction of sp³-hybridized carbons (Fsp3) is 0.0667. The molecule has 0 fully saturated rings. The van der Waals surface area contributed by atoms with Gasteiger partial charge in [-0.2, -0.15) is 5.26 Å². The van der Waals surface area contributed by atoms with E-state index < -0.39 is 17.5 Å². The molecule has 20 heavy (non-hydrogen) atoms. The third-order valence-corrected chi connectivity index (χ3v) is 3.58. The predicted molar refractivity (Wildman–Crippen MR) is 78.2 cm³/mol. The second kappa shape index (κ2) is 6.17. The first-order chi connectivity index (χ1) is 9.52. The summed E-state index contributed by atoms with van der Waals surface area (Å²) in [6, 6.07) is 12.6. The molecule has 0 saturated carbocycles. The van der Waals surface area contributed by atoms with E-state index in [0.717, 1.165) is 10.5 Å². The van der Waals surface area contributed by atoms with Gasteiger partial charge in [0.15, 0.2) is 5.78 Å². The molecule has 1 unspecified atom stereocenters. The van der Waals surface area contributed by atoms with E-state index in [1.165, 1.54) is 12.1 Å². The third-order valence-electron chi connectivity index (χ3n) is 2.78. The number of rotatable bonds is 3. The molecule has 2 aromatic rings. The molecule has 0 N–H and O–H groups in total. The van der Waals surface area contributed by atoms with Crippen molar-refractivity contribution in [1.29, 1.82) is 5.26 Å². The number of hydrogen-bond donors (Lipinski definition) is 0. The molecule has 5 heteroatoms. The lowest BCUT2D eigenvalue weighted by Crippen LogP contribution is -2.11. The summed E-state index contributed by atoms with van der Waals surface area (Å²) in [4.78, 5) is 12.3. The van der Waals surface area contributed by atoms with Crippen LogP contribution in [0.4, 0.5) is 4.39 Å². The van der Waals surface area contributed by atoms with Crippen LogP contribution in [0.15, 0.2) is 46.9 Å². The molecule has 0 aliphatic heterocycles. The zero-order chi connectivity index (χ0) is 14.7. The number of nitriles is 1. The van der Waals surface area contributed by atoms with Crippen molar-refractivity contribution in [1.82, 2.24) is 0 Å². The summed E-state index contributed by atoms with van der Waals surface area (Å²) in [6.45, 7) is 0. The van der Waals surface area contributed by atoms with E-state index in [0.29, 0.717) is 5.56 Å². The van der Waals surface area contributed by atoms with Gasteiger partial charge in [-0.1, -0.05) is 39.7 Å². The van der Waals surface area contributed by atoms with Crippen LogP contribution in [0.5, 0.6) is 0 Å². The van der Waals surface area contributed by atoms with Crippen LogP contribution >= 0.6 is 27.5 Å². The van der Waals surface area contributed by atoms with Gasteiger partial charge in [0.1, 0.15) is 11.7 Å². The fourth-order valence-corrected chi connectivity index (χ4v) is 2.32. The number of benzene rings is 2. The fourth-order valence-electron chi connectivity index (χ4n) is 1.79. The lowest BCUT2D eigenvalue weighted by molar-refractivity contribution is 0.0978. The first-order valence-electron chi connectivity index (χ1n) is 5.67. The highest BCUT2D eigenvalue weighted by Crippen LogP contribution is 2.25. The Balaban J connectivity index is 2.39. The second-order valence-corrected chi connectivity index (χ2v) is 5.43. The van der Waals surface area contributed by atoms with Crippen molar-refractivity contribution < 1.29 is 9.18 Å². The Hall–Kier alpha value is -1.70. The molecule has 0 heterocycles. The van der Waals surface area contributed by atoms with Crippen molar-refractivity contribution in [2.24, 2.45) is 0 Å². The van der Waals surface area contributed by atoms with Gasteiger partial charge in [-0.3, -0.25) is 4.79 Å². The van der Waals surface area contributed by atoms with Crippen LogP contribution in [0.25, 0.3) is 0 Å². The molecule has 0 aromatic heterocycles. The van der Waals surface area contributed by atoms with Gasteiger partial charge >= 0.3 is 0 Å². The zero-order valence-electron chi connectivity index (χ0n) is 10.1. The first-order valence-corrected chi connectivity index (χ1v) is 6.84. The van der Waals surface area contributed by atoms with Crippen LogP contribution in [0, 0.1) is 17.1 Å². The summed E-state index contributed by atoms with van der Waals surface area (Å²) in [5.41, 5.74) is 0.681. The van der Waals surface area contributed by atoms with Crippen LogP contribution in [-0.2, 0) is 0 Å². The first kappa shape index (κ1) is 14.7. The van der Waals surface area contributed by atoms with E-state index in [1.54, 1.807) is 24.3 Å². The SMILES string of the molecule is N#CC(C(=O)c1ccc(Cl)c(F)c1)c1cccc(Br)c1. The third kappa shape index (κ3) is 3.06. The van der Waals surface area contributed by atoms with E-state index in [-0.39, 0.29) is 10.6 Å². The summed E-state index contributed by atoms with van der Waals surface area (Å²) in [6.07, 6.45) is 0. The molecule has 0 aliphatic rings. The van der Waals surface area contributed by atoms with Crippen LogP contribution in [0.2, 0.25) is 5.02 Å². The topological polar surface area (TPSA) is 40.9 Å². The summed E-state index contributed by atoms with van der Waals surface area (Å²) < 4.78 is 14.2. The Labute approximate surface area is 128 Å². The molecule has 100 valence electrons. The normalized spacial score (nSPS) is 11.7. The molecule has 0 radical (unpaired) electrons. The van der Waals surface area contributed by atoms with Crippen molar-refractivity contribution in [3.05, 3.63) is 68.9 Å². The molecule has 0 aliphatic carbocycles. The van der Waals surface area contributed by atoms with Crippen molar-refractivity contribution in [2.45, 2.75) is 5.92 Å². The van der Waals surface area contributed by atoms with Crippen molar-refractivity contribution in [2.75, 3.05) is 0 Å². The van der Waals surface area contributed by atoms with Gasteiger partial charge in [0.2, 0.25) is 0 Å². The van der Waals surface area contributed by atoms with Crippen molar-refractivity contribution in [3.8, 4) is 6.07 Å². The minimum atomic E-state index is -0.979. The molecule has 0 bridgehead atoms. The molecular weight excluding hydrogens is 345 g/mol. The summed E-state index contributed by atoms with van der Waals surface area (Å²) in [7, 11) is 0. The van der Waals surface area contributed by atoms with Gasteiger partial charge in [-0.25, -0.2) is 4.39 Å². The van der Waals surface area contributed by atoms with Gasteiger partial charge in [-0.15, -0.1) is 0 Å². The van der Waals surface area contributed by atoms with Crippen LogP contribution in [-0.4, -0.2) is 5.78 Å². The zero-order valence-corrected chi connectivity index (χ0v) is 12.5. The summed E-state index contributed by atoms with van der Waals surface area (Å²) in [5, 5.41) is 9.16. The minimum absolute atomic E-state index is 0.0579. The average Bonchev–Trinajstić information content (AvgIpc) is 2.42. The maximum Gasteiger partial charge on any atom is 0.184 e. The molecule has 2 nitrogen and oxygen atoms in total. The summed E-state index contributed by atoms with van der Waals surface area (Å²) >= 11 is 8.87. The highest BCUT2D eigenvalue weighted by molar-refractivity contribution is 9.10. The largest absolute Gasteiger partial charge is 0.292 e. The number of hydrogen-bond acceptors (Lipinski definition) is 2. The number of halogens is 3. The van der Waals surface area contributed by atoms with Gasteiger partial charge in [0.05, 0.1) is 11.1 Å². The molecule has 2 rings (SSSR count).